The van der Waals surface area contributed by atoms with E-state index in [9.17, 15) is 0 Å². The van der Waals surface area contributed by atoms with E-state index in [1.54, 1.807) is 16.8 Å². The zero-order valence-electron chi connectivity index (χ0n) is 7.16. The van der Waals surface area contributed by atoms with Gasteiger partial charge in [0, 0.05) is 6.20 Å². The highest BCUT2D eigenvalue weighted by molar-refractivity contribution is 9.10. The van der Waals surface area contributed by atoms with Crippen molar-refractivity contribution in [3.05, 3.63) is 22.4 Å². The molecule has 5 heteroatoms. The molecule has 4 nitrogen and oxygen atoms in total. The molecule has 0 spiro atoms. The molecule has 2 N–H and O–H groups in total. The molecular formula is C8H9BrN4. The van der Waals surface area contributed by atoms with Crippen molar-refractivity contribution in [2.75, 3.05) is 5.73 Å². The number of halogens is 1. The van der Waals surface area contributed by atoms with E-state index in [0.717, 1.165) is 22.2 Å². The molecular weight excluding hydrogens is 232 g/mol. The zero-order valence-corrected chi connectivity index (χ0v) is 8.74. The molecule has 0 saturated heterocycles. The fourth-order valence-electron chi connectivity index (χ4n) is 1.21. The van der Waals surface area contributed by atoms with Gasteiger partial charge >= 0.3 is 0 Å². The van der Waals surface area contributed by atoms with Crippen LogP contribution in [0.3, 0.4) is 0 Å². The largest absolute Gasteiger partial charge is 0.384 e. The quantitative estimate of drug-likeness (QED) is 0.825. The number of aromatic nitrogens is 3. The van der Waals surface area contributed by atoms with Gasteiger partial charge in [-0.25, -0.2) is 4.98 Å². The fraction of sp³-hybridized carbons (Fsp3) is 0.250. The lowest BCUT2D eigenvalue weighted by molar-refractivity contribution is 0.895. The Balaban J connectivity index is 2.83. The molecule has 0 aliphatic rings. The summed E-state index contributed by atoms with van der Waals surface area (Å²) in [6, 6.07) is 1.73. The number of nitrogen functional groups attached to an aromatic ring is 1. The van der Waals surface area contributed by atoms with E-state index in [-0.39, 0.29) is 0 Å². The minimum atomic E-state index is 0.602. The molecule has 0 aliphatic carbocycles. The highest BCUT2D eigenvalue weighted by atomic mass is 79.9. The van der Waals surface area contributed by atoms with E-state index in [4.69, 9.17) is 5.73 Å². The molecule has 0 amide bonds. The number of nitrogens with zero attached hydrogens (tertiary/aromatic N) is 3. The summed E-state index contributed by atoms with van der Waals surface area (Å²) in [6.07, 6.45) is 2.54. The molecule has 2 rings (SSSR count). The number of fused-ring (bicyclic) bond motifs is 1. The van der Waals surface area contributed by atoms with E-state index >= 15 is 0 Å². The summed E-state index contributed by atoms with van der Waals surface area (Å²) in [6.45, 7) is 2.04. The number of anilines is 1. The third kappa shape index (κ3) is 1.19. The van der Waals surface area contributed by atoms with E-state index in [2.05, 4.69) is 26.0 Å². The molecule has 13 heavy (non-hydrogen) atoms. The van der Waals surface area contributed by atoms with Crippen LogP contribution in [0.1, 0.15) is 12.6 Å². The summed E-state index contributed by atoms with van der Waals surface area (Å²) in [7, 11) is 0. The lowest BCUT2D eigenvalue weighted by Crippen LogP contribution is -1.98. The van der Waals surface area contributed by atoms with Gasteiger partial charge in [0.1, 0.15) is 5.82 Å². The first-order chi connectivity index (χ1) is 6.24. The number of nitrogens with two attached hydrogens (primary N) is 1. The maximum Gasteiger partial charge on any atom is 0.171 e. The first kappa shape index (κ1) is 8.50. The van der Waals surface area contributed by atoms with Gasteiger partial charge in [-0.2, -0.15) is 9.61 Å². The number of aryl methyl sites for hydroxylation is 1. The van der Waals surface area contributed by atoms with Gasteiger partial charge in [-0.15, -0.1) is 0 Å². The first-order valence-corrected chi connectivity index (χ1v) is 4.81. The Kier molecular flexibility index (Phi) is 1.95. The molecule has 68 valence electrons. The number of rotatable bonds is 1. The van der Waals surface area contributed by atoms with Gasteiger partial charge in [0.2, 0.25) is 0 Å². The number of hydrogen-bond acceptors (Lipinski definition) is 3. The van der Waals surface area contributed by atoms with Crippen LogP contribution in [-0.4, -0.2) is 14.6 Å². The fourth-order valence-corrected chi connectivity index (χ4v) is 1.84. The van der Waals surface area contributed by atoms with Crippen molar-refractivity contribution in [3.8, 4) is 0 Å². The average Bonchev–Trinajstić information content (AvgIpc) is 2.45. The lowest BCUT2D eigenvalue weighted by Gasteiger charge is -1.95. The molecule has 2 heterocycles. The highest BCUT2D eigenvalue weighted by Gasteiger charge is 2.10. The third-order valence-electron chi connectivity index (χ3n) is 1.89. The minimum Gasteiger partial charge on any atom is -0.384 e. The van der Waals surface area contributed by atoms with E-state index in [0.29, 0.717) is 5.82 Å². The van der Waals surface area contributed by atoms with Crippen LogP contribution in [0.15, 0.2) is 16.7 Å². The van der Waals surface area contributed by atoms with Gasteiger partial charge in [-0.3, -0.25) is 0 Å². The van der Waals surface area contributed by atoms with Crippen LogP contribution in [0.2, 0.25) is 0 Å². The molecule has 0 fully saturated rings. The van der Waals surface area contributed by atoms with Crippen molar-refractivity contribution < 1.29 is 0 Å². The van der Waals surface area contributed by atoms with Crippen LogP contribution < -0.4 is 5.73 Å². The van der Waals surface area contributed by atoms with E-state index < -0.39 is 0 Å². The highest BCUT2D eigenvalue weighted by Crippen LogP contribution is 2.22. The topological polar surface area (TPSA) is 56.2 Å². The number of hydrogen-bond donors (Lipinski definition) is 1. The molecule has 0 atom stereocenters. The van der Waals surface area contributed by atoms with Gasteiger partial charge < -0.3 is 5.73 Å². The van der Waals surface area contributed by atoms with Crippen molar-refractivity contribution in [3.63, 3.8) is 0 Å². The Labute approximate surface area is 83.9 Å². The summed E-state index contributed by atoms with van der Waals surface area (Å²) in [4.78, 5) is 4.18. The van der Waals surface area contributed by atoms with Crippen molar-refractivity contribution in [2.45, 2.75) is 13.3 Å². The standard InChI is InChI=1S/C8H9BrN4/c1-2-5-7(9)8-11-4-3-6(10)13(8)12-5/h3-4H,2,10H2,1H3. The van der Waals surface area contributed by atoms with Gasteiger partial charge in [0.25, 0.3) is 0 Å². The molecule has 0 bridgehead atoms. The summed E-state index contributed by atoms with van der Waals surface area (Å²) >= 11 is 3.44. The molecule has 0 radical (unpaired) electrons. The van der Waals surface area contributed by atoms with Crippen molar-refractivity contribution in [2.24, 2.45) is 0 Å². The molecule has 0 saturated carbocycles. The second-order valence-electron chi connectivity index (χ2n) is 2.72. The normalized spacial score (nSPS) is 10.9. The smallest absolute Gasteiger partial charge is 0.171 e. The van der Waals surface area contributed by atoms with Crippen LogP contribution in [0.5, 0.6) is 0 Å². The van der Waals surface area contributed by atoms with Gasteiger partial charge in [-0.1, -0.05) is 6.92 Å². The SMILES string of the molecule is CCc1nn2c(N)ccnc2c1Br. The van der Waals surface area contributed by atoms with Crippen molar-refractivity contribution in [1.82, 2.24) is 14.6 Å². The first-order valence-electron chi connectivity index (χ1n) is 4.01. The second kappa shape index (κ2) is 2.99. The van der Waals surface area contributed by atoms with Crippen LogP contribution >= 0.6 is 15.9 Å². The average molecular weight is 241 g/mol. The molecule has 2 aromatic heterocycles. The predicted octanol–water partition coefficient (Wildman–Crippen LogP) is 1.64. The maximum atomic E-state index is 5.73. The van der Waals surface area contributed by atoms with E-state index in [1.807, 2.05) is 6.92 Å². The summed E-state index contributed by atoms with van der Waals surface area (Å²) in [5.74, 6) is 0.602. The summed E-state index contributed by atoms with van der Waals surface area (Å²) in [5, 5.41) is 4.31. The van der Waals surface area contributed by atoms with Gasteiger partial charge in [-0.05, 0) is 28.4 Å². The molecule has 0 aromatic carbocycles. The predicted molar refractivity (Wildman–Crippen MR) is 54.5 cm³/mol. The van der Waals surface area contributed by atoms with Crippen LogP contribution in [0.4, 0.5) is 5.82 Å². The van der Waals surface area contributed by atoms with Crippen LogP contribution in [-0.2, 0) is 6.42 Å². The van der Waals surface area contributed by atoms with Crippen molar-refractivity contribution >= 4 is 27.4 Å². The molecule has 0 unspecified atom stereocenters. The maximum absolute atomic E-state index is 5.73. The minimum absolute atomic E-state index is 0.602. The second-order valence-corrected chi connectivity index (χ2v) is 3.51. The Morgan fingerprint density at radius 1 is 1.62 bits per heavy atom. The molecule has 2 aromatic rings. The van der Waals surface area contributed by atoms with Gasteiger partial charge in [0.15, 0.2) is 5.65 Å². The third-order valence-corrected chi connectivity index (χ3v) is 2.70. The Morgan fingerprint density at radius 2 is 2.38 bits per heavy atom. The molecule has 0 aliphatic heterocycles. The Morgan fingerprint density at radius 3 is 3.00 bits per heavy atom. The van der Waals surface area contributed by atoms with Crippen LogP contribution in [0, 0.1) is 0 Å². The monoisotopic (exact) mass is 240 g/mol. The van der Waals surface area contributed by atoms with Crippen molar-refractivity contribution in [1.29, 1.82) is 0 Å². The lowest BCUT2D eigenvalue weighted by atomic mass is 10.3. The van der Waals surface area contributed by atoms with Gasteiger partial charge in [0.05, 0.1) is 10.2 Å². The summed E-state index contributed by atoms with van der Waals surface area (Å²) in [5.41, 5.74) is 7.48. The Bertz CT molecular complexity index is 449. The summed E-state index contributed by atoms with van der Waals surface area (Å²) < 4.78 is 2.57. The zero-order chi connectivity index (χ0) is 9.42. The Hall–Kier alpha value is -1.10. The van der Waals surface area contributed by atoms with E-state index in [1.165, 1.54) is 0 Å². The van der Waals surface area contributed by atoms with Crippen LogP contribution in [0.25, 0.3) is 5.65 Å².